The maximum atomic E-state index is 13.2. The summed E-state index contributed by atoms with van der Waals surface area (Å²) in [6.07, 6.45) is 1.13. The number of halogens is 1. The molecule has 2 aliphatic heterocycles. The van der Waals surface area contributed by atoms with Crippen molar-refractivity contribution in [1.82, 2.24) is 15.2 Å². The maximum Gasteiger partial charge on any atom is 0.410 e. The standard InChI is InChI=1S/C28H33ClN4O4/c1-17(2)16-36-28(34)33-12-10-22-23-15-20(29)6-9-24(23)31-26(22)27(33)19-4-7-21(8-5-19)35-13-11-30-25-14-18(3)32-37-25/h4-9,15,17,25,27,30-31H,10-14,16H2,1-3H3. The number of H-pyrrole nitrogens is 1. The average molecular weight is 525 g/mol. The second kappa shape index (κ2) is 11.0. The zero-order chi connectivity index (χ0) is 25.9. The van der Waals surface area contributed by atoms with E-state index in [0.717, 1.165) is 46.5 Å². The molecule has 37 heavy (non-hydrogen) atoms. The molecular weight excluding hydrogens is 492 g/mol. The molecule has 0 radical (unpaired) electrons. The summed E-state index contributed by atoms with van der Waals surface area (Å²) < 4.78 is 11.6. The normalized spacial score (nSPS) is 19.1. The third kappa shape index (κ3) is 5.70. The Morgan fingerprint density at radius 1 is 1.27 bits per heavy atom. The van der Waals surface area contributed by atoms with Crippen LogP contribution >= 0.6 is 11.6 Å². The summed E-state index contributed by atoms with van der Waals surface area (Å²) in [7, 11) is 0. The van der Waals surface area contributed by atoms with Crippen molar-refractivity contribution in [3.8, 4) is 5.75 Å². The van der Waals surface area contributed by atoms with Gasteiger partial charge in [-0.15, -0.1) is 0 Å². The molecule has 0 spiro atoms. The Hall–Kier alpha value is -3.23. The molecule has 8 nitrogen and oxygen atoms in total. The van der Waals surface area contributed by atoms with Crippen molar-refractivity contribution in [2.75, 3.05) is 26.3 Å². The van der Waals surface area contributed by atoms with Crippen LogP contribution in [0.1, 0.15) is 50.1 Å². The van der Waals surface area contributed by atoms with Crippen LogP contribution in [0.15, 0.2) is 47.6 Å². The number of hydrogen-bond acceptors (Lipinski definition) is 6. The van der Waals surface area contributed by atoms with Gasteiger partial charge in [-0.3, -0.25) is 10.2 Å². The first-order valence-corrected chi connectivity index (χ1v) is 13.2. The molecule has 3 heterocycles. The summed E-state index contributed by atoms with van der Waals surface area (Å²) in [4.78, 5) is 23.8. The molecule has 0 saturated carbocycles. The number of benzene rings is 2. The number of aromatic nitrogens is 1. The van der Waals surface area contributed by atoms with Gasteiger partial charge in [0.2, 0.25) is 0 Å². The number of rotatable bonds is 8. The van der Waals surface area contributed by atoms with Crippen LogP contribution in [-0.2, 0) is 16.0 Å². The Morgan fingerprint density at radius 3 is 2.81 bits per heavy atom. The van der Waals surface area contributed by atoms with Crippen molar-refractivity contribution in [3.63, 3.8) is 0 Å². The number of aromatic amines is 1. The third-order valence-corrected chi connectivity index (χ3v) is 6.85. The largest absolute Gasteiger partial charge is 0.492 e. The van der Waals surface area contributed by atoms with Crippen molar-refractivity contribution in [1.29, 1.82) is 0 Å². The average Bonchev–Trinajstić information content (AvgIpc) is 3.47. The molecule has 0 fully saturated rings. The van der Waals surface area contributed by atoms with Crippen LogP contribution in [-0.4, -0.2) is 54.2 Å². The van der Waals surface area contributed by atoms with Gasteiger partial charge < -0.3 is 19.3 Å². The fourth-order valence-electron chi connectivity index (χ4n) is 4.87. The highest BCUT2D eigenvalue weighted by atomic mass is 35.5. The summed E-state index contributed by atoms with van der Waals surface area (Å²) >= 11 is 6.30. The zero-order valence-corrected chi connectivity index (χ0v) is 22.2. The first kappa shape index (κ1) is 25.4. The summed E-state index contributed by atoms with van der Waals surface area (Å²) in [6, 6.07) is 13.5. The van der Waals surface area contributed by atoms with Gasteiger partial charge in [-0.25, -0.2) is 4.79 Å². The third-order valence-electron chi connectivity index (χ3n) is 6.62. The number of nitrogens with one attached hydrogen (secondary N) is 2. The molecule has 0 bridgehead atoms. The lowest BCUT2D eigenvalue weighted by Gasteiger charge is -2.35. The van der Waals surface area contributed by atoms with Gasteiger partial charge in [-0.05, 0) is 60.7 Å². The molecule has 0 aliphatic carbocycles. The summed E-state index contributed by atoms with van der Waals surface area (Å²) in [5.74, 6) is 1.03. The maximum absolute atomic E-state index is 13.2. The molecule has 9 heteroatoms. The quantitative estimate of drug-likeness (QED) is 0.372. The van der Waals surface area contributed by atoms with E-state index in [4.69, 9.17) is 25.9 Å². The van der Waals surface area contributed by atoms with Crippen molar-refractivity contribution in [2.24, 2.45) is 11.1 Å². The molecule has 196 valence electrons. The first-order valence-electron chi connectivity index (χ1n) is 12.8. The highest BCUT2D eigenvalue weighted by Gasteiger charge is 2.35. The van der Waals surface area contributed by atoms with Gasteiger partial charge in [0.15, 0.2) is 6.23 Å². The van der Waals surface area contributed by atoms with E-state index in [-0.39, 0.29) is 24.3 Å². The predicted octanol–water partition coefficient (Wildman–Crippen LogP) is 5.65. The van der Waals surface area contributed by atoms with E-state index >= 15 is 0 Å². The van der Waals surface area contributed by atoms with Crippen molar-refractivity contribution < 1.29 is 19.1 Å². The number of carbonyl (C=O) groups is 1. The minimum Gasteiger partial charge on any atom is -0.492 e. The predicted molar refractivity (Wildman–Crippen MR) is 144 cm³/mol. The molecule has 0 saturated heterocycles. The fraction of sp³-hybridized carbons (Fsp3) is 0.429. The lowest BCUT2D eigenvalue weighted by atomic mass is 9.92. The Morgan fingerprint density at radius 2 is 2.08 bits per heavy atom. The molecule has 2 N–H and O–H groups in total. The monoisotopic (exact) mass is 524 g/mol. The SMILES string of the molecule is CC1=NOC(NCCOc2ccc(C3c4[nH]c5ccc(Cl)cc5c4CCN3C(=O)OCC(C)C)cc2)C1. The Bertz CT molecular complexity index is 1290. The van der Waals surface area contributed by atoms with Crippen LogP contribution in [0.25, 0.3) is 10.9 Å². The number of fused-ring (bicyclic) bond motifs is 3. The molecule has 2 unspecified atom stereocenters. The smallest absolute Gasteiger partial charge is 0.410 e. The number of carbonyl (C=O) groups excluding carboxylic acids is 1. The van der Waals surface area contributed by atoms with E-state index in [1.54, 1.807) is 0 Å². The van der Waals surface area contributed by atoms with Gasteiger partial charge in [0.1, 0.15) is 18.4 Å². The van der Waals surface area contributed by atoms with E-state index in [9.17, 15) is 4.79 Å². The van der Waals surface area contributed by atoms with Gasteiger partial charge in [-0.2, -0.15) is 0 Å². The molecular formula is C28H33ClN4O4. The molecule has 2 atom stereocenters. The summed E-state index contributed by atoms with van der Waals surface area (Å²) in [5.41, 5.74) is 5.17. The summed E-state index contributed by atoms with van der Waals surface area (Å²) in [6.45, 7) is 8.11. The second-order valence-corrected chi connectivity index (χ2v) is 10.5. The Labute approximate surface area is 221 Å². The van der Waals surface area contributed by atoms with Crippen molar-refractivity contribution in [2.45, 2.75) is 45.9 Å². The first-order chi connectivity index (χ1) is 17.9. The topological polar surface area (TPSA) is 88.2 Å². The highest BCUT2D eigenvalue weighted by Crippen LogP contribution is 2.39. The molecule has 2 aliphatic rings. The number of nitrogens with zero attached hydrogens (tertiary/aromatic N) is 2. The minimum absolute atomic E-state index is 0.0842. The second-order valence-electron chi connectivity index (χ2n) is 10.0. The van der Waals surface area contributed by atoms with Gasteiger partial charge >= 0.3 is 6.09 Å². The molecule has 1 amide bonds. The van der Waals surface area contributed by atoms with Crippen LogP contribution in [0.3, 0.4) is 0 Å². The van der Waals surface area contributed by atoms with Crippen molar-refractivity contribution in [3.05, 3.63) is 64.3 Å². The van der Waals surface area contributed by atoms with E-state index in [1.165, 1.54) is 5.56 Å². The lowest BCUT2D eigenvalue weighted by Crippen LogP contribution is -2.41. The minimum atomic E-state index is -0.305. The molecule has 3 aromatic rings. The number of amides is 1. The van der Waals surface area contributed by atoms with Crippen LogP contribution in [0, 0.1) is 5.92 Å². The van der Waals surface area contributed by atoms with E-state index in [2.05, 4.69) is 15.5 Å². The molecule has 5 rings (SSSR count). The van der Waals surface area contributed by atoms with Crippen LogP contribution < -0.4 is 10.1 Å². The Kier molecular flexibility index (Phi) is 7.58. The molecule has 2 aromatic carbocycles. The Balaban J connectivity index is 1.34. The van der Waals surface area contributed by atoms with Crippen LogP contribution in [0.5, 0.6) is 5.75 Å². The fourth-order valence-corrected chi connectivity index (χ4v) is 5.04. The number of hydrogen-bond donors (Lipinski definition) is 2. The number of oxime groups is 1. The highest BCUT2D eigenvalue weighted by molar-refractivity contribution is 6.31. The van der Waals surface area contributed by atoms with E-state index < -0.39 is 0 Å². The lowest BCUT2D eigenvalue weighted by molar-refractivity contribution is 0.0572. The zero-order valence-electron chi connectivity index (χ0n) is 21.4. The van der Waals surface area contributed by atoms with Crippen molar-refractivity contribution >= 4 is 34.3 Å². The van der Waals surface area contributed by atoms with Gasteiger partial charge in [-0.1, -0.05) is 42.7 Å². The number of ether oxygens (including phenoxy) is 2. The van der Waals surface area contributed by atoms with E-state index in [0.29, 0.717) is 31.3 Å². The van der Waals surface area contributed by atoms with Gasteiger partial charge in [0.25, 0.3) is 0 Å². The van der Waals surface area contributed by atoms with E-state index in [1.807, 2.05) is 68.1 Å². The van der Waals surface area contributed by atoms with Crippen LogP contribution in [0.2, 0.25) is 5.02 Å². The van der Waals surface area contributed by atoms with Gasteiger partial charge in [0.05, 0.1) is 12.3 Å². The summed E-state index contributed by atoms with van der Waals surface area (Å²) in [5, 5.41) is 9.02. The van der Waals surface area contributed by atoms with Gasteiger partial charge in [0, 0.05) is 41.1 Å². The van der Waals surface area contributed by atoms with Crippen LogP contribution in [0.4, 0.5) is 4.79 Å². The molecule has 1 aromatic heterocycles.